The molecule has 0 aliphatic rings. The Morgan fingerprint density at radius 2 is 1.86 bits per heavy atom. The number of benzene rings is 1. The van der Waals surface area contributed by atoms with Crippen LogP contribution in [0.2, 0.25) is 0 Å². The van der Waals surface area contributed by atoms with Crippen LogP contribution in [0, 0.1) is 0 Å². The summed E-state index contributed by atoms with van der Waals surface area (Å²) in [5, 5.41) is 4.93. The van der Waals surface area contributed by atoms with Crippen molar-refractivity contribution >= 4 is 23.4 Å². The minimum atomic E-state index is -1.12. The third kappa shape index (κ3) is 3.69. The summed E-state index contributed by atoms with van der Waals surface area (Å²) in [5.74, 6) is -1.92. The zero-order valence-electron chi connectivity index (χ0n) is 11.0. The van der Waals surface area contributed by atoms with E-state index in [4.69, 9.17) is 10.2 Å². The lowest BCUT2D eigenvalue weighted by Crippen LogP contribution is -2.31. The van der Waals surface area contributed by atoms with Crippen LogP contribution in [0.15, 0.2) is 47.1 Å². The highest BCUT2D eigenvalue weighted by molar-refractivity contribution is 6.39. The van der Waals surface area contributed by atoms with Crippen LogP contribution in [-0.2, 0) is 16.1 Å². The molecule has 0 fully saturated rings. The van der Waals surface area contributed by atoms with Gasteiger partial charge in [0.1, 0.15) is 5.76 Å². The quantitative estimate of drug-likeness (QED) is 0.715. The molecule has 0 spiro atoms. The molecule has 0 saturated carbocycles. The second-order valence-electron chi connectivity index (χ2n) is 4.13. The molecule has 7 nitrogen and oxygen atoms in total. The average Bonchev–Trinajstić information content (AvgIpc) is 2.98. The molecule has 1 heterocycles. The summed E-state index contributed by atoms with van der Waals surface area (Å²) < 4.78 is 5.10. The Morgan fingerprint density at radius 1 is 1.10 bits per heavy atom. The first-order valence-corrected chi connectivity index (χ1v) is 6.08. The van der Waals surface area contributed by atoms with Crippen LogP contribution in [-0.4, -0.2) is 17.7 Å². The van der Waals surface area contributed by atoms with Gasteiger partial charge in [-0.15, -0.1) is 0 Å². The molecule has 0 unspecified atom stereocenters. The van der Waals surface area contributed by atoms with Gasteiger partial charge in [-0.05, 0) is 24.3 Å². The van der Waals surface area contributed by atoms with Gasteiger partial charge in [-0.1, -0.05) is 12.1 Å². The SMILES string of the molecule is NC(=O)C(=O)Nc1ccccc1C(=O)NCc1ccco1. The Balaban J connectivity index is 2.09. The Labute approximate surface area is 120 Å². The number of primary amides is 1. The maximum atomic E-state index is 12.1. The molecule has 108 valence electrons. The van der Waals surface area contributed by atoms with Crippen LogP contribution >= 0.6 is 0 Å². The van der Waals surface area contributed by atoms with Crippen molar-refractivity contribution in [3.05, 3.63) is 54.0 Å². The van der Waals surface area contributed by atoms with Crippen molar-refractivity contribution in [2.75, 3.05) is 5.32 Å². The summed E-state index contributed by atoms with van der Waals surface area (Å²) >= 11 is 0. The minimum absolute atomic E-state index is 0.207. The number of furan rings is 1. The Morgan fingerprint density at radius 3 is 2.52 bits per heavy atom. The van der Waals surface area contributed by atoms with E-state index in [0.717, 1.165) is 0 Å². The van der Waals surface area contributed by atoms with E-state index in [1.165, 1.54) is 18.4 Å². The first-order valence-electron chi connectivity index (χ1n) is 6.08. The zero-order chi connectivity index (χ0) is 15.2. The number of nitrogens with one attached hydrogen (secondary N) is 2. The molecule has 1 aromatic carbocycles. The fourth-order valence-electron chi connectivity index (χ4n) is 1.65. The van der Waals surface area contributed by atoms with E-state index in [0.29, 0.717) is 5.76 Å². The van der Waals surface area contributed by atoms with E-state index >= 15 is 0 Å². The van der Waals surface area contributed by atoms with Crippen molar-refractivity contribution in [3.63, 3.8) is 0 Å². The smallest absolute Gasteiger partial charge is 0.313 e. The number of amides is 3. The fraction of sp³-hybridized carbons (Fsp3) is 0.0714. The van der Waals surface area contributed by atoms with Crippen LogP contribution in [0.25, 0.3) is 0 Å². The number of hydrogen-bond acceptors (Lipinski definition) is 4. The predicted molar refractivity (Wildman–Crippen MR) is 74.1 cm³/mol. The van der Waals surface area contributed by atoms with Crippen molar-refractivity contribution in [2.24, 2.45) is 5.73 Å². The number of carbonyl (C=O) groups excluding carboxylic acids is 3. The van der Waals surface area contributed by atoms with Crippen molar-refractivity contribution in [1.82, 2.24) is 5.32 Å². The Bertz CT molecular complexity index is 665. The van der Waals surface area contributed by atoms with E-state index in [1.54, 1.807) is 24.3 Å². The summed E-state index contributed by atoms with van der Waals surface area (Å²) in [5.41, 5.74) is 5.30. The van der Waals surface area contributed by atoms with E-state index in [-0.39, 0.29) is 17.8 Å². The zero-order valence-corrected chi connectivity index (χ0v) is 11.0. The molecule has 0 aliphatic heterocycles. The molecule has 7 heteroatoms. The van der Waals surface area contributed by atoms with Crippen molar-refractivity contribution < 1.29 is 18.8 Å². The lowest BCUT2D eigenvalue weighted by atomic mass is 10.1. The molecule has 0 bridgehead atoms. The van der Waals surface area contributed by atoms with Gasteiger partial charge in [0.15, 0.2) is 0 Å². The Hall–Kier alpha value is -3.09. The molecule has 0 saturated heterocycles. The minimum Gasteiger partial charge on any atom is -0.467 e. The number of anilines is 1. The lowest BCUT2D eigenvalue weighted by Gasteiger charge is -2.09. The first-order chi connectivity index (χ1) is 10.1. The number of nitrogens with two attached hydrogens (primary N) is 1. The lowest BCUT2D eigenvalue weighted by molar-refractivity contribution is -0.134. The van der Waals surface area contributed by atoms with Gasteiger partial charge in [0.25, 0.3) is 5.91 Å². The molecule has 0 atom stereocenters. The van der Waals surface area contributed by atoms with Crippen LogP contribution in [0.4, 0.5) is 5.69 Å². The van der Waals surface area contributed by atoms with Gasteiger partial charge < -0.3 is 20.8 Å². The molecule has 2 aromatic rings. The second kappa shape index (κ2) is 6.38. The van der Waals surface area contributed by atoms with E-state index in [9.17, 15) is 14.4 Å². The summed E-state index contributed by atoms with van der Waals surface area (Å²) in [7, 11) is 0. The number of rotatable bonds is 4. The topological polar surface area (TPSA) is 114 Å². The monoisotopic (exact) mass is 287 g/mol. The van der Waals surface area contributed by atoms with Gasteiger partial charge in [0.2, 0.25) is 0 Å². The molecular formula is C14H13N3O4. The second-order valence-corrected chi connectivity index (χ2v) is 4.13. The average molecular weight is 287 g/mol. The summed E-state index contributed by atoms with van der Waals surface area (Å²) in [6.07, 6.45) is 1.50. The first kappa shape index (κ1) is 14.3. The van der Waals surface area contributed by atoms with E-state index < -0.39 is 17.7 Å². The van der Waals surface area contributed by atoms with Crippen molar-refractivity contribution in [2.45, 2.75) is 6.54 Å². The van der Waals surface area contributed by atoms with Crippen molar-refractivity contribution in [3.8, 4) is 0 Å². The van der Waals surface area contributed by atoms with Crippen LogP contribution in [0.3, 0.4) is 0 Å². The highest BCUT2D eigenvalue weighted by atomic mass is 16.3. The number of hydrogen-bond donors (Lipinski definition) is 3. The van der Waals surface area contributed by atoms with Gasteiger partial charge in [-0.2, -0.15) is 0 Å². The molecule has 3 amide bonds. The standard InChI is InChI=1S/C14H13N3O4/c15-12(18)14(20)17-11-6-2-1-5-10(11)13(19)16-8-9-4-3-7-21-9/h1-7H,8H2,(H2,15,18)(H,16,19)(H,17,20). The summed E-state index contributed by atoms with van der Waals surface area (Å²) in [6.45, 7) is 0.212. The van der Waals surface area contributed by atoms with Gasteiger partial charge in [0.05, 0.1) is 24.1 Å². The Kier molecular flexibility index (Phi) is 4.35. The summed E-state index contributed by atoms with van der Waals surface area (Å²) in [4.78, 5) is 34.2. The third-order valence-electron chi connectivity index (χ3n) is 2.65. The van der Waals surface area contributed by atoms with Gasteiger partial charge in [-0.25, -0.2) is 0 Å². The van der Waals surface area contributed by atoms with Gasteiger partial charge in [0, 0.05) is 0 Å². The highest BCUT2D eigenvalue weighted by Crippen LogP contribution is 2.15. The molecule has 2 rings (SSSR count). The third-order valence-corrected chi connectivity index (χ3v) is 2.65. The van der Waals surface area contributed by atoms with Crippen LogP contribution in [0.1, 0.15) is 16.1 Å². The molecule has 0 aliphatic carbocycles. The van der Waals surface area contributed by atoms with Crippen LogP contribution < -0.4 is 16.4 Å². The molecule has 4 N–H and O–H groups in total. The number of para-hydroxylation sites is 1. The molecular weight excluding hydrogens is 274 g/mol. The summed E-state index contributed by atoms with van der Waals surface area (Å²) in [6, 6.07) is 9.72. The van der Waals surface area contributed by atoms with E-state index in [2.05, 4.69) is 10.6 Å². The van der Waals surface area contributed by atoms with Gasteiger partial charge in [-0.3, -0.25) is 14.4 Å². The molecule has 1 aromatic heterocycles. The number of carbonyl (C=O) groups is 3. The normalized spacial score (nSPS) is 9.90. The maximum absolute atomic E-state index is 12.1. The highest BCUT2D eigenvalue weighted by Gasteiger charge is 2.15. The van der Waals surface area contributed by atoms with Crippen molar-refractivity contribution in [1.29, 1.82) is 0 Å². The van der Waals surface area contributed by atoms with Gasteiger partial charge >= 0.3 is 11.8 Å². The fourth-order valence-corrected chi connectivity index (χ4v) is 1.65. The largest absolute Gasteiger partial charge is 0.467 e. The maximum Gasteiger partial charge on any atom is 0.313 e. The predicted octanol–water partition coefficient (Wildman–Crippen LogP) is 0.633. The van der Waals surface area contributed by atoms with E-state index in [1.807, 2.05) is 0 Å². The van der Waals surface area contributed by atoms with Crippen LogP contribution in [0.5, 0.6) is 0 Å². The molecule has 0 radical (unpaired) electrons. The molecule has 21 heavy (non-hydrogen) atoms.